The second-order valence-electron chi connectivity index (χ2n) is 6.81. The van der Waals surface area contributed by atoms with Gasteiger partial charge in [-0.1, -0.05) is 25.1 Å². The molecule has 2 aromatic carbocycles. The van der Waals surface area contributed by atoms with Crippen LogP contribution < -0.4 is 10.6 Å². The molecule has 0 spiro atoms. The molecule has 0 radical (unpaired) electrons. The third kappa shape index (κ3) is 3.79. The number of non-ortho nitro benzene ring substituents is 1. The average molecular weight is 396 g/mol. The molecule has 2 N–H and O–H groups in total. The number of carbonyl (C=O) groups is 3. The number of nitrogens with one attached hydrogen (secondary N) is 2. The largest absolute Gasteiger partial charge is 0.325 e. The van der Waals surface area contributed by atoms with Crippen molar-refractivity contribution in [1.29, 1.82) is 0 Å². The van der Waals surface area contributed by atoms with Gasteiger partial charge in [-0.25, -0.2) is 4.79 Å². The molecule has 150 valence electrons. The third-order valence-corrected chi connectivity index (χ3v) is 4.90. The molecule has 1 aliphatic rings. The lowest BCUT2D eigenvalue weighted by Gasteiger charge is -2.22. The minimum Gasteiger partial charge on any atom is -0.324 e. The van der Waals surface area contributed by atoms with Gasteiger partial charge in [-0.15, -0.1) is 0 Å². The molecule has 4 amide bonds. The maximum absolute atomic E-state index is 12.9. The van der Waals surface area contributed by atoms with Crippen molar-refractivity contribution < 1.29 is 19.3 Å². The number of aryl methyl sites for hydroxylation is 1. The zero-order valence-electron chi connectivity index (χ0n) is 16.0. The fourth-order valence-electron chi connectivity index (χ4n) is 3.24. The molecule has 1 saturated heterocycles. The van der Waals surface area contributed by atoms with E-state index in [9.17, 15) is 24.5 Å². The number of nitro groups is 1. The molecule has 1 atom stereocenters. The first kappa shape index (κ1) is 20.0. The van der Waals surface area contributed by atoms with E-state index in [1.165, 1.54) is 31.2 Å². The molecule has 29 heavy (non-hydrogen) atoms. The van der Waals surface area contributed by atoms with Crippen LogP contribution in [0.5, 0.6) is 0 Å². The summed E-state index contributed by atoms with van der Waals surface area (Å²) in [6, 6.07) is 11.9. The van der Waals surface area contributed by atoms with Crippen LogP contribution in [0.3, 0.4) is 0 Å². The van der Waals surface area contributed by atoms with Crippen LogP contribution in [0.25, 0.3) is 0 Å². The molecule has 0 saturated carbocycles. The Kier molecular flexibility index (Phi) is 5.31. The molecule has 3 rings (SSSR count). The predicted octanol–water partition coefficient (Wildman–Crippen LogP) is 2.56. The fraction of sp³-hybridized carbons (Fsp3) is 0.250. The maximum Gasteiger partial charge on any atom is 0.325 e. The second kappa shape index (κ2) is 7.70. The number of carbonyl (C=O) groups excluding carboxylic acids is 3. The summed E-state index contributed by atoms with van der Waals surface area (Å²) in [4.78, 5) is 48.8. The number of nitro benzene ring substituents is 1. The lowest BCUT2D eigenvalue weighted by molar-refractivity contribution is -0.384. The Bertz CT molecular complexity index is 989. The number of imide groups is 1. The van der Waals surface area contributed by atoms with Crippen molar-refractivity contribution in [2.75, 3.05) is 11.9 Å². The van der Waals surface area contributed by atoms with E-state index in [1.54, 1.807) is 12.1 Å². The van der Waals surface area contributed by atoms with Crippen molar-refractivity contribution in [2.24, 2.45) is 0 Å². The normalized spacial score (nSPS) is 18.5. The Balaban J connectivity index is 1.76. The van der Waals surface area contributed by atoms with Crippen molar-refractivity contribution in [1.82, 2.24) is 10.2 Å². The van der Waals surface area contributed by atoms with E-state index in [4.69, 9.17) is 0 Å². The van der Waals surface area contributed by atoms with Crippen LogP contribution in [-0.4, -0.2) is 34.2 Å². The summed E-state index contributed by atoms with van der Waals surface area (Å²) >= 11 is 0. The minimum absolute atomic E-state index is 0.125. The van der Waals surface area contributed by atoms with Gasteiger partial charge in [0.25, 0.3) is 11.6 Å². The summed E-state index contributed by atoms with van der Waals surface area (Å²) in [5.41, 5.74) is 0.424. The van der Waals surface area contributed by atoms with Gasteiger partial charge < -0.3 is 10.6 Å². The van der Waals surface area contributed by atoms with Crippen LogP contribution in [0.1, 0.15) is 25.0 Å². The molecular weight excluding hydrogens is 376 g/mol. The third-order valence-electron chi connectivity index (χ3n) is 4.90. The highest BCUT2D eigenvalue weighted by molar-refractivity contribution is 6.10. The Morgan fingerprint density at radius 1 is 1.17 bits per heavy atom. The molecular formula is C20H20N4O5. The van der Waals surface area contributed by atoms with E-state index in [-0.39, 0.29) is 5.69 Å². The van der Waals surface area contributed by atoms with E-state index in [0.717, 1.165) is 16.9 Å². The number of hydrogen-bond acceptors (Lipinski definition) is 5. The molecule has 0 aliphatic carbocycles. The van der Waals surface area contributed by atoms with Gasteiger partial charge in [-0.3, -0.25) is 24.6 Å². The fourth-order valence-corrected chi connectivity index (χ4v) is 3.24. The van der Waals surface area contributed by atoms with Gasteiger partial charge in [0.05, 0.1) is 4.92 Å². The number of hydrogen-bond donors (Lipinski definition) is 2. The molecule has 1 heterocycles. The van der Waals surface area contributed by atoms with Crippen LogP contribution in [0.15, 0.2) is 48.5 Å². The topological polar surface area (TPSA) is 122 Å². The number of para-hydroxylation sites is 1. The summed E-state index contributed by atoms with van der Waals surface area (Å²) in [6.07, 6.45) is 0.720. The SMILES string of the molecule is CCc1ccccc1NC(=O)CN1C(=O)N[C@](C)(c2ccc([N+](=O)[O-])cc2)C1=O. The Morgan fingerprint density at radius 3 is 2.45 bits per heavy atom. The zero-order chi connectivity index (χ0) is 21.2. The Hall–Kier alpha value is -3.75. The van der Waals surface area contributed by atoms with Gasteiger partial charge in [-0.2, -0.15) is 0 Å². The molecule has 0 bridgehead atoms. The summed E-state index contributed by atoms with van der Waals surface area (Å²) < 4.78 is 0. The molecule has 0 unspecified atom stereocenters. The van der Waals surface area contributed by atoms with E-state index in [1.807, 2.05) is 19.1 Å². The van der Waals surface area contributed by atoms with Crippen LogP contribution in [0.4, 0.5) is 16.2 Å². The van der Waals surface area contributed by atoms with Gasteiger partial charge in [0.15, 0.2) is 0 Å². The van der Waals surface area contributed by atoms with Crippen molar-refractivity contribution in [3.05, 3.63) is 69.8 Å². The first-order chi connectivity index (χ1) is 13.8. The maximum atomic E-state index is 12.9. The quantitative estimate of drug-likeness (QED) is 0.441. The minimum atomic E-state index is -1.41. The zero-order valence-corrected chi connectivity index (χ0v) is 16.0. The van der Waals surface area contributed by atoms with Crippen LogP contribution in [0, 0.1) is 10.1 Å². The van der Waals surface area contributed by atoms with Crippen molar-refractivity contribution in [3.8, 4) is 0 Å². The van der Waals surface area contributed by atoms with Gasteiger partial charge in [0.2, 0.25) is 5.91 Å². The molecule has 2 aromatic rings. The molecule has 9 nitrogen and oxygen atoms in total. The first-order valence-electron chi connectivity index (χ1n) is 9.03. The van der Waals surface area contributed by atoms with E-state index in [0.29, 0.717) is 11.3 Å². The average Bonchev–Trinajstić information content (AvgIpc) is 2.92. The standard InChI is InChI=1S/C20H20N4O5/c1-3-13-6-4-5-7-16(13)21-17(25)12-23-18(26)20(2,22-19(23)27)14-8-10-15(11-9-14)24(28)29/h4-11H,3,12H2,1-2H3,(H,21,25)(H,22,27)/t20-/m1/s1. The van der Waals surface area contributed by atoms with E-state index in [2.05, 4.69) is 10.6 Å². The van der Waals surface area contributed by atoms with Gasteiger partial charge in [0.1, 0.15) is 12.1 Å². The summed E-state index contributed by atoms with van der Waals surface area (Å²) in [5.74, 6) is -1.10. The van der Waals surface area contributed by atoms with E-state index < -0.39 is 34.9 Å². The number of anilines is 1. The monoisotopic (exact) mass is 396 g/mol. The van der Waals surface area contributed by atoms with Crippen LogP contribution >= 0.6 is 0 Å². The Morgan fingerprint density at radius 2 is 1.83 bits per heavy atom. The summed E-state index contributed by atoms with van der Waals surface area (Å²) in [7, 11) is 0. The van der Waals surface area contributed by atoms with Gasteiger partial charge in [0, 0.05) is 17.8 Å². The number of benzene rings is 2. The van der Waals surface area contributed by atoms with E-state index >= 15 is 0 Å². The summed E-state index contributed by atoms with van der Waals surface area (Å²) in [6.45, 7) is 3.02. The van der Waals surface area contributed by atoms with Crippen molar-refractivity contribution in [2.45, 2.75) is 25.8 Å². The lowest BCUT2D eigenvalue weighted by atomic mass is 9.92. The number of rotatable bonds is 6. The van der Waals surface area contributed by atoms with Crippen LogP contribution in [-0.2, 0) is 21.5 Å². The highest BCUT2D eigenvalue weighted by atomic mass is 16.6. The van der Waals surface area contributed by atoms with Crippen molar-refractivity contribution >= 4 is 29.2 Å². The predicted molar refractivity (Wildman–Crippen MR) is 105 cm³/mol. The van der Waals surface area contributed by atoms with Crippen LogP contribution in [0.2, 0.25) is 0 Å². The van der Waals surface area contributed by atoms with Gasteiger partial charge in [-0.05, 0) is 42.7 Å². The number of urea groups is 1. The second-order valence-corrected chi connectivity index (χ2v) is 6.81. The smallest absolute Gasteiger partial charge is 0.324 e. The molecule has 9 heteroatoms. The number of amides is 4. The molecule has 0 aromatic heterocycles. The summed E-state index contributed by atoms with van der Waals surface area (Å²) in [5, 5.41) is 16.1. The first-order valence-corrected chi connectivity index (χ1v) is 9.03. The molecule has 1 fully saturated rings. The highest BCUT2D eigenvalue weighted by Gasteiger charge is 2.49. The lowest BCUT2D eigenvalue weighted by Crippen LogP contribution is -2.42. The molecule has 1 aliphatic heterocycles. The highest BCUT2D eigenvalue weighted by Crippen LogP contribution is 2.30. The van der Waals surface area contributed by atoms with Crippen molar-refractivity contribution in [3.63, 3.8) is 0 Å². The Labute approximate surface area is 166 Å². The van der Waals surface area contributed by atoms with Gasteiger partial charge >= 0.3 is 6.03 Å². The number of nitrogens with zero attached hydrogens (tertiary/aromatic N) is 2.